The van der Waals surface area contributed by atoms with Gasteiger partial charge in [0.1, 0.15) is 5.82 Å². The van der Waals surface area contributed by atoms with Gasteiger partial charge in [-0.2, -0.15) is 0 Å². The van der Waals surface area contributed by atoms with Gasteiger partial charge in [0.2, 0.25) is 0 Å². The molecule has 1 fully saturated rings. The van der Waals surface area contributed by atoms with Crippen molar-refractivity contribution in [1.29, 1.82) is 0 Å². The van der Waals surface area contributed by atoms with Crippen molar-refractivity contribution in [2.75, 3.05) is 5.75 Å². The molecule has 0 N–H and O–H groups in total. The van der Waals surface area contributed by atoms with E-state index >= 15 is 0 Å². The molecule has 0 spiro atoms. The quantitative estimate of drug-likeness (QED) is 0.709. The van der Waals surface area contributed by atoms with Crippen LogP contribution in [0.3, 0.4) is 0 Å². The first-order valence-corrected chi connectivity index (χ1v) is 5.76. The van der Waals surface area contributed by atoms with Gasteiger partial charge < -0.3 is 0 Å². The van der Waals surface area contributed by atoms with E-state index in [9.17, 15) is 8.60 Å². The molecule has 1 aromatic carbocycles. The maximum absolute atomic E-state index is 12.8. The van der Waals surface area contributed by atoms with Crippen molar-refractivity contribution < 1.29 is 8.60 Å². The van der Waals surface area contributed by atoms with Gasteiger partial charge in [0.15, 0.2) is 0 Å². The van der Waals surface area contributed by atoms with Gasteiger partial charge >= 0.3 is 0 Å². The molecule has 1 aliphatic heterocycles. The molecule has 2 atom stereocenters. The van der Waals surface area contributed by atoms with Crippen molar-refractivity contribution in [2.45, 2.75) is 11.7 Å². The topological polar surface area (TPSA) is 17.1 Å². The minimum Gasteiger partial charge on any atom is -0.259 e. The van der Waals surface area contributed by atoms with Crippen LogP contribution in [0, 0.1) is 5.82 Å². The van der Waals surface area contributed by atoms with Crippen LogP contribution in [-0.2, 0) is 10.8 Å². The van der Waals surface area contributed by atoms with Crippen LogP contribution in [0.1, 0.15) is 17.2 Å². The highest BCUT2D eigenvalue weighted by Gasteiger charge is 2.28. The first-order valence-electron chi connectivity index (χ1n) is 4.00. The van der Waals surface area contributed by atoms with Gasteiger partial charge in [-0.3, -0.25) is 4.21 Å². The SMILES string of the molecule is O=S1CCC1c1ccc(F)c(Cl)c1. The summed E-state index contributed by atoms with van der Waals surface area (Å²) in [6, 6.07) is 4.55. The van der Waals surface area contributed by atoms with E-state index < -0.39 is 16.6 Å². The Morgan fingerprint density at radius 3 is 2.77 bits per heavy atom. The van der Waals surface area contributed by atoms with E-state index in [0.717, 1.165) is 17.7 Å². The number of rotatable bonds is 1. The molecular weight excluding hydrogens is 211 g/mol. The first-order chi connectivity index (χ1) is 6.18. The monoisotopic (exact) mass is 218 g/mol. The van der Waals surface area contributed by atoms with Crippen LogP contribution in [-0.4, -0.2) is 9.96 Å². The third kappa shape index (κ3) is 1.63. The number of hydrogen-bond donors (Lipinski definition) is 0. The maximum Gasteiger partial charge on any atom is 0.141 e. The van der Waals surface area contributed by atoms with E-state index in [1.165, 1.54) is 6.07 Å². The average molecular weight is 219 g/mol. The number of halogens is 2. The zero-order valence-corrected chi connectivity index (χ0v) is 8.37. The fraction of sp³-hybridized carbons (Fsp3) is 0.333. The first kappa shape index (κ1) is 9.16. The summed E-state index contributed by atoms with van der Waals surface area (Å²) in [4.78, 5) is 0. The van der Waals surface area contributed by atoms with E-state index in [1.54, 1.807) is 12.1 Å². The van der Waals surface area contributed by atoms with E-state index in [2.05, 4.69) is 0 Å². The summed E-state index contributed by atoms with van der Waals surface area (Å²) in [6.07, 6.45) is 0.911. The molecule has 0 amide bonds. The molecule has 4 heteroatoms. The van der Waals surface area contributed by atoms with Crippen molar-refractivity contribution in [3.05, 3.63) is 34.6 Å². The van der Waals surface area contributed by atoms with E-state index in [1.807, 2.05) is 0 Å². The molecule has 1 saturated heterocycles. The highest BCUT2D eigenvalue weighted by Crippen LogP contribution is 2.34. The molecule has 0 saturated carbocycles. The summed E-state index contributed by atoms with van der Waals surface area (Å²) in [5.41, 5.74) is 0.885. The van der Waals surface area contributed by atoms with Crippen LogP contribution in [0.4, 0.5) is 4.39 Å². The van der Waals surface area contributed by atoms with Gasteiger partial charge in [-0.05, 0) is 24.1 Å². The van der Waals surface area contributed by atoms with Gasteiger partial charge in [-0.25, -0.2) is 4.39 Å². The molecule has 13 heavy (non-hydrogen) atoms. The van der Waals surface area contributed by atoms with Gasteiger partial charge in [-0.15, -0.1) is 0 Å². The third-order valence-corrected chi connectivity index (χ3v) is 4.28. The molecule has 1 aliphatic rings. The van der Waals surface area contributed by atoms with Crippen molar-refractivity contribution in [1.82, 2.24) is 0 Å². The summed E-state index contributed by atoms with van der Waals surface area (Å²) in [5, 5.41) is 0.180. The summed E-state index contributed by atoms with van der Waals surface area (Å²) in [6.45, 7) is 0. The second-order valence-corrected chi connectivity index (χ2v) is 5.18. The lowest BCUT2D eigenvalue weighted by Crippen LogP contribution is -2.22. The van der Waals surface area contributed by atoms with Crippen molar-refractivity contribution >= 4 is 22.4 Å². The lowest BCUT2D eigenvalue weighted by Gasteiger charge is -2.25. The Morgan fingerprint density at radius 1 is 1.54 bits per heavy atom. The van der Waals surface area contributed by atoms with Crippen LogP contribution >= 0.6 is 11.6 Å². The lowest BCUT2D eigenvalue weighted by molar-refractivity contribution is 0.624. The lowest BCUT2D eigenvalue weighted by atomic mass is 10.1. The number of benzene rings is 1. The fourth-order valence-corrected chi connectivity index (χ4v) is 2.67. The van der Waals surface area contributed by atoms with Crippen LogP contribution in [0.25, 0.3) is 0 Å². The molecule has 1 nitrogen and oxygen atoms in total. The van der Waals surface area contributed by atoms with E-state index in [0.29, 0.717) is 0 Å². The Morgan fingerprint density at radius 2 is 2.31 bits per heavy atom. The van der Waals surface area contributed by atoms with E-state index in [4.69, 9.17) is 11.6 Å². The van der Waals surface area contributed by atoms with Crippen molar-refractivity contribution in [3.8, 4) is 0 Å². The Kier molecular flexibility index (Phi) is 2.39. The van der Waals surface area contributed by atoms with Crippen LogP contribution < -0.4 is 0 Å². The van der Waals surface area contributed by atoms with Gasteiger partial charge in [0.05, 0.1) is 10.3 Å². The number of hydrogen-bond acceptors (Lipinski definition) is 1. The highest BCUT2D eigenvalue weighted by molar-refractivity contribution is 7.86. The van der Waals surface area contributed by atoms with Gasteiger partial charge in [0.25, 0.3) is 0 Å². The Labute approximate surface area is 83.4 Å². The molecule has 0 bridgehead atoms. The molecular formula is C9H8ClFOS. The molecule has 2 unspecified atom stereocenters. The molecule has 0 aromatic heterocycles. The maximum atomic E-state index is 12.8. The Balaban J connectivity index is 2.31. The molecule has 70 valence electrons. The Hall–Kier alpha value is -0.410. The fourth-order valence-electron chi connectivity index (χ4n) is 1.36. The molecule has 0 radical (unpaired) electrons. The summed E-state index contributed by atoms with van der Waals surface area (Å²) in [5.74, 6) is 0.329. The smallest absolute Gasteiger partial charge is 0.141 e. The zero-order valence-electron chi connectivity index (χ0n) is 6.80. The molecule has 0 aliphatic carbocycles. The summed E-state index contributed by atoms with van der Waals surface area (Å²) < 4.78 is 24.0. The normalized spacial score (nSPS) is 26.9. The summed E-state index contributed by atoms with van der Waals surface area (Å²) >= 11 is 5.61. The predicted octanol–water partition coefficient (Wildman–Crippen LogP) is 2.67. The second kappa shape index (κ2) is 3.39. The minimum atomic E-state index is -0.777. The predicted molar refractivity (Wildman–Crippen MR) is 51.8 cm³/mol. The largest absolute Gasteiger partial charge is 0.259 e. The highest BCUT2D eigenvalue weighted by atomic mass is 35.5. The zero-order chi connectivity index (χ0) is 9.42. The average Bonchev–Trinajstić information content (AvgIpc) is 2.09. The third-order valence-electron chi connectivity index (χ3n) is 2.21. The van der Waals surface area contributed by atoms with Crippen LogP contribution in [0.2, 0.25) is 5.02 Å². The van der Waals surface area contributed by atoms with Gasteiger partial charge in [0, 0.05) is 16.6 Å². The van der Waals surface area contributed by atoms with Crippen LogP contribution in [0.5, 0.6) is 0 Å². The van der Waals surface area contributed by atoms with E-state index in [-0.39, 0.29) is 10.3 Å². The van der Waals surface area contributed by atoms with Crippen molar-refractivity contribution in [2.24, 2.45) is 0 Å². The second-order valence-electron chi connectivity index (χ2n) is 3.04. The summed E-state index contributed by atoms with van der Waals surface area (Å²) in [7, 11) is -0.777. The Bertz CT molecular complexity index is 367. The molecule has 1 heterocycles. The minimum absolute atomic E-state index is 0.0677. The van der Waals surface area contributed by atoms with Crippen LogP contribution in [0.15, 0.2) is 18.2 Å². The molecule has 1 aromatic rings. The standard InChI is InChI=1S/C9H8ClFOS/c10-7-5-6(1-2-8(7)11)9-3-4-13(9)12/h1-2,5,9H,3-4H2. The molecule has 2 rings (SSSR count). The van der Waals surface area contributed by atoms with Crippen molar-refractivity contribution in [3.63, 3.8) is 0 Å². The van der Waals surface area contributed by atoms with Gasteiger partial charge in [-0.1, -0.05) is 17.7 Å².